The molecule has 0 aliphatic carbocycles. The van der Waals surface area contributed by atoms with Crippen LogP contribution in [0.3, 0.4) is 0 Å². The fourth-order valence-corrected chi connectivity index (χ4v) is 3.86. The molecule has 4 atom stereocenters. The molecular weight excluding hydrogens is 544 g/mol. The van der Waals surface area contributed by atoms with E-state index < -0.39 is 60.2 Å². The Hall–Kier alpha value is -4.30. The maximum absolute atomic E-state index is 13.0. The first-order chi connectivity index (χ1) is 18.9. The third kappa shape index (κ3) is 10.5. The summed E-state index contributed by atoms with van der Waals surface area (Å²) in [7, 11) is 0. The number of benzene rings is 2. The smallest absolute Gasteiger partial charge is 0.326 e. The van der Waals surface area contributed by atoms with Crippen molar-refractivity contribution in [1.29, 1.82) is 0 Å². The number of carbonyl (C=O) groups is 5. The number of carbonyl (C=O) groups excluding carboxylic acids is 3. The number of nitrogens with two attached hydrogens (primary N) is 1. The lowest BCUT2D eigenvalue weighted by molar-refractivity contribution is -0.143. The Morgan fingerprint density at radius 2 is 1.15 bits per heavy atom. The normalized spacial score (nSPS) is 13.8. The summed E-state index contributed by atoms with van der Waals surface area (Å²) in [6.07, 6.45) is -0.904. The number of aromatic hydroxyl groups is 2. The monoisotopic (exact) mass is 576 g/mol. The van der Waals surface area contributed by atoms with Crippen LogP contribution in [0.2, 0.25) is 0 Å². The van der Waals surface area contributed by atoms with Crippen molar-refractivity contribution in [2.24, 2.45) is 5.73 Å². The highest BCUT2D eigenvalue weighted by Gasteiger charge is 2.30. The molecule has 0 heterocycles. The van der Waals surface area contributed by atoms with Gasteiger partial charge in [0.1, 0.15) is 29.6 Å². The average molecular weight is 577 g/mol. The van der Waals surface area contributed by atoms with Crippen LogP contribution in [0, 0.1) is 0 Å². The molecule has 2 aromatic rings. The third-order valence-corrected chi connectivity index (χ3v) is 6.18. The average Bonchev–Trinajstić information content (AvgIpc) is 2.91. The van der Waals surface area contributed by atoms with Crippen molar-refractivity contribution in [2.45, 2.75) is 49.9 Å². The molecule has 2 aromatic carbocycles. The zero-order chi connectivity index (χ0) is 29.8. The highest BCUT2D eigenvalue weighted by molar-refractivity contribution is 7.80. The van der Waals surface area contributed by atoms with Crippen molar-refractivity contribution in [1.82, 2.24) is 16.0 Å². The fraction of sp³-hybridized carbons (Fsp3) is 0.346. The number of hydrogen-bond acceptors (Lipinski definition) is 9. The zero-order valence-corrected chi connectivity index (χ0v) is 22.2. The number of carboxylic acids is 2. The van der Waals surface area contributed by atoms with Gasteiger partial charge >= 0.3 is 11.9 Å². The van der Waals surface area contributed by atoms with Crippen molar-refractivity contribution >= 4 is 42.3 Å². The molecule has 9 N–H and O–H groups in total. The quantitative estimate of drug-likeness (QED) is 0.124. The number of rotatable bonds is 15. The molecule has 0 spiro atoms. The molecule has 0 saturated heterocycles. The molecule has 0 aliphatic heterocycles. The summed E-state index contributed by atoms with van der Waals surface area (Å²) in [6.45, 7) is 0. The lowest BCUT2D eigenvalue weighted by atomic mass is 10.0. The van der Waals surface area contributed by atoms with Crippen LogP contribution in [0.25, 0.3) is 0 Å². The number of nitrogens with one attached hydrogen (secondary N) is 3. The molecule has 3 amide bonds. The van der Waals surface area contributed by atoms with Crippen molar-refractivity contribution in [3.8, 4) is 11.5 Å². The molecule has 216 valence electrons. The molecule has 0 aromatic heterocycles. The molecule has 4 unspecified atom stereocenters. The van der Waals surface area contributed by atoms with E-state index in [1.165, 1.54) is 36.4 Å². The first-order valence-electron chi connectivity index (χ1n) is 12.2. The van der Waals surface area contributed by atoms with Crippen LogP contribution in [0.4, 0.5) is 0 Å². The van der Waals surface area contributed by atoms with E-state index in [4.69, 9.17) is 10.8 Å². The van der Waals surface area contributed by atoms with Crippen LogP contribution in [-0.4, -0.2) is 80.0 Å². The van der Waals surface area contributed by atoms with Gasteiger partial charge in [-0.25, -0.2) is 4.79 Å². The minimum atomic E-state index is -1.43. The van der Waals surface area contributed by atoms with E-state index in [2.05, 4.69) is 28.6 Å². The molecule has 0 fully saturated rings. The van der Waals surface area contributed by atoms with E-state index in [0.717, 1.165) is 0 Å². The summed E-state index contributed by atoms with van der Waals surface area (Å²) in [4.78, 5) is 61.4. The number of carboxylic acid groups (broad SMARTS) is 2. The van der Waals surface area contributed by atoms with Crippen molar-refractivity contribution < 1.29 is 44.4 Å². The van der Waals surface area contributed by atoms with Gasteiger partial charge in [-0.2, -0.15) is 12.6 Å². The SMILES string of the molecule is NC(Cc1ccc(O)cc1)C(=O)NC(CS)C(=O)NC(CCC(=O)O)C(=O)NC(Cc1ccc(O)cc1)C(=O)O. The van der Waals surface area contributed by atoms with Crippen LogP contribution in [0.5, 0.6) is 11.5 Å². The molecule has 0 bridgehead atoms. The minimum absolute atomic E-state index is 0.0248. The van der Waals surface area contributed by atoms with Crippen molar-refractivity contribution in [2.75, 3.05) is 5.75 Å². The molecule has 0 aliphatic rings. The summed E-state index contributed by atoms with van der Waals surface area (Å²) >= 11 is 4.08. The maximum atomic E-state index is 13.0. The van der Waals surface area contributed by atoms with E-state index in [1.807, 2.05) is 0 Å². The number of thiol groups is 1. The van der Waals surface area contributed by atoms with E-state index >= 15 is 0 Å². The predicted octanol–water partition coefficient (Wildman–Crippen LogP) is -0.456. The van der Waals surface area contributed by atoms with Crippen LogP contribution < -0.4 is 21.7 Å². The molecule has 0 saturated carbocycles. The maximum Gasteiger partial charge on any atom is 0.326 e. The third-order valence-electron chi connectivity index (χ3n) is 5.81. The van der Waals surface area contributed by atoms with Crippen molar-refractivity contribution in [3.05, 3.63) is 59.7 Å². The molecule has 0 radical (unpaired) electrons. The summed E-state index contributed by atoms with van der Waals surface area (Å²) in [5.41, 5.74) is 7.11. The van der Waals surface area contributed by atoms with E-state index in [-0.39, 0.29) is 36.5 Å². The lowest BCUT2D eigenvalue weighted by Gasteiger charge is -2.24. The molecule has 2 rings (SSSR count). The molecular formula is C26H32N4O9S. The molecule has 40 heavy (non-hydrogen) atoms. The van der Waals surface area contributed by atoms with Gasteiger partial charge in [0.05, 0.1) is 6.04 Å². The molecule has 14 heteroatoms. The second kappa shape index (κ2) is 15.3. The van der Waals surface area contributed by atoms with Gasteiger partial charge < -0.3 is 42.1 Å². The number of hydrogen-bond donors (Lipinski definition) is 9. The Morgan fingerprint density at radius 3 is 1.62 bits per heavy atom. The van der Waals surface area contributed by atoms with Gasteiger partial charge in [-0.15, -0.1) is 0 Å². The first kappa shape index (κ1) is 31.9. The Kier molecular flexibility index (Phi) is 12.2. The first-order valence-corrected chi connectivity index (χ1v) is 12.8. The van der Waals surface area contributed by atoms with E-state index in [0.29, 0.717) is 11.1 Å². The summed E-state index contributed by atoms with van der Waals surface area (Å²) in [6, 6.07) is 6.57. The summed E-state index contributed by atoms with van der Waals surface area (Å²) in [5.74, 6) is -5.25. The Bertz CT molecular complexity index is 1190. The molecule has 13 nitrogen and oxygen atoms in total. The second-order valence-corrected chi connectivity index (χ2v) is 9.35. The number of phenolic OH excluding ortho intramolecular Hbond substituents is 2. The van der Waals surface area contributed by atoms with Gasteiger partial charge in [0.15, 0.2) is 0 Å². The van der Waals surface area contributed by atoms with Crippen molar-refractivity contribution in [3.63, 3.8) is 0 Å². The second-order valence-electron chi connectivity index (χ2n) is 8.98. The van der Waals surface area contributed by atoms with Crippen LogP contribution in [0.1, 0.15) is 24.0 Å². The predicted molar refractivity (Wildman–Crippen MR) is 146 cm³/mol. The standard InChI is InChI=1S/C26H32N4O9S/c27-18(11-14-1-5-16(31)6-2-14)23(35)30-21(13-40)25(37)28-19(9-10-22(33)34)24(36)29-20(26(38)39)12-15-3-7-17(32)8-4-15/h1-8,18-21,31-32,40H,9-13,27H2,(H,28,37)(H,29,36)(H,30,35)(H,33,34)(H,38,39). The van der Waals surface area contributed by atoms with E-state index in [9.17, 15) is 39.3 Å². The largest absolute Gasteiger partial charge is 0.508 e. The number of phenols is 2. The van der Waals surface area contributed by atoms with Crippen LogP contribution in [-0.2, 0) is 36.8 Å². The van der Waals surface area contributed by atoms with Gasteiger partial charge in [0.25, 0.3) is 0 Å². The van der Waals surface area contributed by atoms with Gasteiger partial charge in [-0.05, 0) is 48.2 Å². The van der Waals surface area contributed by atoms with Gasteiger partial charge in [-0.3, -0.25) is 19.2 Å². The van der Waals surface area contributed by atoms with Crippen LogP contribution >= 0.6 is 12.6 Å². The minimum Gasteiger partial charge on any atom is -0.508 e. The van der Waals surface area contributed by atoms with Gasteiger partial charge in [0, 0.05) is 18.6 Å². The number of aliphatic carboxylic acids is 2. The Labute approximate surface area is 235 Å². The highest BCUT2D eigenvalue weighted by Crippen LogP contribution is 2.13. The Morgan fingerprint density at radius 1 is 0.700 bits per heavy atom. The topological polar surface area (TPSA) is 228 Å². The number of amides is 3. The summed E-state index contributed by atoms with van der Waals surface area (Å²) in [5, 5.41) is 44.6. The van der Waals surface area contributed by atoms with Gasteiger partial charge in [-0.1, -0.05) is 24.3 Å². The Balaban J connectivity index is 2.07. The highest BCUT2D eigenvalue weighted by atomic mass is 32.1. The van der Waals surface area contributed by atoms with Crippen LogP contribution in [0.15, 0.2) is 48.5 Å². The summed E-state index contributed by atoms with van der Waals surface area (Å²) < 4.78 is 0. The van der Waals surface area contributed by atoms with E-state index in [1.54, 1.807) is 12.1 Å². The van der Waals surface area contributed by atoms with Gasteiger partial charge in [0.2, 0.25) is 17.7 Å². The lowest BCUT2D eigenvalue weighted by Crippen LogP contribution is -2.58. The fourth-order valence-electron chi connectivity index (χ4n) is 3.60. The zero-order valence-electron chi connectivity index (χ0n) is 21.3.